The molecule has 0 aromatic heterocycles. The molecule has 1 heterocycles. The number of carbonyl (C=O) groups excluding carboxylic acids is 1. The van der Waals surface area contributed by atoms with Gasteiger partial charge in [-0.05, 0) is 67.6 Å². The molecule has 0 spiro atoms. The van der Waals surface area contributed by atoms with Crippen molar-refractivity contribution in [1.29, 1.82) is 0 Å². The van der Waals surface area contributed by atoms with Crippen molar-refractivity contribution in [1.82, 2.24) is 9.80 Å². The van der Waals surface area contributed by atoms with Gasteiger partial charge in [-0.15, -0.1) is 0 Å². The van der Waals surface area contributed by atoms with E-state index in [0.717, 1.165) is 44.6 Å². The van der Waals surface area contributed by atoms with Gasteiger partial charge in [-0.25, -0.2) is 8.42 Å². The molecular formula is C27H37N3O4S. The van der Waals surface area contributed by atoms with Gasteiger partial charge in [0.25, 0.3) is 0 Å². The Morgan fingerprint density at radius 2 is 1.60 bits per heavy atom. The van der Waals surface area contributed by atoms with Crippen molar-refractivity contribution in [2.24, 2.45) is 5.92 Å². The highest BCUT2D eigenvalue weighted by atomic mass is 32.2. The molecular weight excluding hydrogens is 462 g/mol. The van der Waals surface area contributed by atoms with Gasteiger partial charge in [-0.1, -0.05) is 31.4 Å². The maximum atomic E-state index is 12.9. The zero-order valence-corrected chi connectivity index (χ0v) is 21.6. The number of rotatable bonds is 8. The summed E-state index contributed by atoms with van der Waals surface area (Å²) in [5, 5.41) is 0. The molecule has 2 aromatic carbocycles. The fourth-order valence-corrected chi connectivity index (χ4v) is 5.73. The van der Waals surface area contributed by atoms with E-state index in [1.54, 1.807) is 24.3 Å². The number of hydrogen-bond acceptors (Lipinski definition) is 5. The Balaban J connectivity index is 1.25. The Hall–Kier alpha value is -2.58. The third kappa shape index (κ3) is 7.70. The van der Waals surface area contributed by atoms with Crippen LogP contribution in [0.15, 0.2) is 48.5 Å². The van der Waals surface area contributed by atoms with Crippen LogP contribution in [-0.2, 0) is 21.4 Å². The first-order valence-corrected chi connectivity index (χ1v) is 14.5. The largest absolute Gasteiger partial charge is 0.457 e. The molecule has 2 aromatic rings. The van der Waals surface area contributed by atoms with E-state index >= 15 is 0 Å². The number of nitrogens with one attached hydrogen (secondary N) is 1. The molecule has 2 aliphatic rings. The van der Waals surface area contributed by atoms with E-state index in [4.69, 9.17) is 4.74 Å². The van der Waals surface area contributed by atoms with Crippen molar-refractivity contribution >= 4 is 21.6 Å². The maximum absolute atomic E-state index is 12.9. The van der Waals surface area contributed by atoms with Gasteiger partial charge in [0.2, 0.25) is 15.9 Å². The summed E-state index contributed by atoms with van der Waals surface area (Å²) in [6, 6.07) is 15.1. The van der Waals surface area contributed by atoms with Crippen LogP contribution in [0.1, 0.15) is 51.0 Å². The summed E-state index contributed by atoms with van der Waals surface area (Å²) in [7, 11) is -3.30. The molecule has 35 heavy (non-hydrogen) atoms. The van der Waals surface area contributed by atoms with Crippen LogP contribution in [-0.4, -0.2) is 56.1 Å². The van der Waals surface area contributed by atoms with Crippen LogP contribution in [0.25, 0.3) is 0 Å². The molecule has 190 valence electrons. The SMILES string of the molecule is CC1CN(Cc2ccc(Oc3ccc(NS(C)(=O)=O)cc3)cc2)CCN1C(=O)CC1CCCCC1. The molecule has 1 saturated heterocycles. The lowest BCUT2D eigenvalue weighted by Crippen LogP contribution is -2.53. The molecule has 1 saturated carbocycles. The standard InChI is InChI=1S/C27H37N3O4S/c1-21-19-29(16-17-30(21)27(31)18-22-6-4-3-5-7-22)20-23-8-12-25(13-9-23)34-26-14-10-24(11-15-26)28-35(2,32)33/h8-15,21-22,28H,3-7,16-20H2,1-2H3. The number of amides is 1. The predicted molar refractivity (Wildman–Crippen MR) is 139 cm³/mol. The number of anilines is 1. The molecule has 2 fully saturated rings. The summed E-state index contributed by atoms with van der Waals surface area (Å²) in [6.07, 6.45) is 8.16. The fraction of sp³-hybridized carbons (Fsp3) is 0.519. The van der Waals surface area contributed by atoms with E-state index in [0.29, 0.717) is 23.3 Å². The molecule has 0 bridgehead atoms. The van der Waals surface area contributed by atoms with Crippen molar-refractivity contribution < 1.29 is 17.9 Å². The maximum Gasteiger partial charge on any atom is 0.229 e. The zero-order valence-electron chi connectivity index (χ0n) is 20.8. The van der Waals surface area contributed by atoms with Crippen LogP contribution >= 0.6 is 0 Å². The number of carbonyl (C=O) groups is 1. The van der Waals surface area contributed by atoms with Crippen LogP contribution in [0.4, 0.5) is 5.69 Å². The predicted octanol–water partition coefficient (Wildman–Crippen LogP) is 4.85. The van der Waals surface area contributed by atoms with Crippen LogP contribution in [0, 0.1) is 5.92 Å². The van der Waals surface area contributed by atoms with Gasteiger partial charge in [0, 0.05) is 44.3 Å². The second-order valence-electron chi connectivity index (χ2n) is 10.0. The van der Waals surface area contributed by atoms with Crippen molar-refractivity contribution in [3.8, 4) is 11.5 Å². The monoisotopic (exact) mass is 499 g/mol. The zero-order chi connectivity index (χ0) is 24.8. The molecule has 8 heteroatoms. The Kier molecular flexibility index (Phi) is 8.34. The van der Waals surface area contributed by atoms with Crippen LogP contribution in [0.3, 0.4) is 0 Å². The quantitative estimate of drug-likeness (QED) is 0.562. The molecule has 0 radical (unpaired) electrons. The average Bonchev–Trinajstić information content (AvgIpc) is 2.81. The minimum Gasteiger partial charge on any atom is -0.457 e. The fourth-order valence-electron chi connectivity index (χ4n) is 5.16. The number of piperazine rings is 1. The summed E-state index contributed by atoms with van der Waals surface area (Å²) in [5.74, 6) is 2.29. The van der Waals surface area contributed by atoms with Gasteiger partial charge >= 0.3 is 0 Å². The Morgan fingerprint density at radius 1 is 0.971 bits per heavy atom. The van der Waals surface area contributed by atoms with Gasteiger partial charge in [-0.2, -0.15) is 0 Å². The number of ether oxygens (including phenoxy) is 1. The van der Waals surface area contributed by atoms with E-state index in [2.05, 4.69) is 33.6 Å². The highest BCUT2D eigenvalue weighted by Crippen LogP contribution is 2.28. The van der Waals surface area contributed by atoms with Crippen LogP contribution in [0.2, 0.25) is 0 Å². The van der Waals surface area contributed by atoms with E-state index in [1.807, 2.05) is 12.1 Å². The van der Waals surface area contributed by atoms with Crippen molar-refractivity contribution in [2.45, 2.75) is 58.0 Å². The third-order valence-electron chi connectivity index (χ3n) is 6.94. The number of hydrogen-bond donors (Lipinski definition) is 1. The normalized spacial score (nSPS) is 19.9. The molecule has 1 aliphatic carbocycles. The molecule has 1 atom stereocenters. The first-order valence-electron chi connectivity index (χ1n) is 12.6. The summed E-state index contributed by atoms with van der Waals surface area (Å²) in [5.41, 5.74) is 1.71. The topological polar surface area (TPSA) is 79.0 Å². The molecule has 4 rings (SSSR count). The van der Waals surface area contributed by atoms with Crippen LogP contribution < -0.4 is 9.46 Å². The van der Waals surface area contributed by atoms with E-state index in [-0.39, 0.29) is 6.04 Å². The summed E-state index contributed by atoms with van der Waals surface area (Å²) in [6.45, 7) is 5.60. The molecule has 1 N–H and O–H groups in total. The van der Waals surface area contributed by atoms with Gasteiger partial charge in [0.05, 0.1) is 6.26 Å². The molecule has 1 amide bonds. The molecule has 7 nitrogen and oxygen atoms in total. The van der Waals surface area contributed by atoms with E-state index in [9.17, 15) is 13.2 Å². The summed E-state index contributed by atoms with van der Waals surface area (Å²) in [4.78, 5) is 17.4. The number of benzene rings is 2. The molecule has 1 unspecified atom stereocenters. The Labute approximate surface area is 209 Å². The van der Waals surface area contributed by atoms with E-state index < -0.39 is 10.0 Å². The van der Waals surface area contributed by atoms with Crippen LogP contribution in [0.5, 0.6) is 11.5 Å². The first kappa shape index (κ1) is 25.5. The highest BCUT2D eigenvalue weighted by molar-refractivity contribution is 7.92. The van der Waals surface area contributed by atoms with Gasteiger partial charge in [0.15, 0.2) is 0 Å². The molecule has 1 aliphatic heterocycles. The van der Waals surface area contributed by atoms with E-state index in [1.165, 1.54) is 37.7 Å². The highest BCUT2D eigenvalue weighted by Gasteiger charge is 2.29. The smallest absolute Gasteiger partial charge is 0.229 e. The lowest BCUT2D eigenvalue weighted by molar-refractivity contribution is -0.137. The second kappa shape index (κ2) is 11.4. The summed E-state index contributed by atoms with van der Waals surface area (Å²) >= 11 is 0. The van der Waals surface area contributed by atoms with Crippen molar-refractivity contribution in [3.05, 3.63) is 54.1 Å². The van der Waals surface area contributed by atoms with Crippen molar-refractivity contribution in [2.75, 3.05) is 30.6 Å². The minimum atomic E-state index is -3.30. The Morgan fingerprint density at radius 3 is 2.20 bits per heavy atom. The van der Waals surface area contributed by atoms with Gasteiger partial charge in [-0.3, -0.25) is 14.4 Å². The van der Waals surface area contributed by atoms with Crippen molar-refractivity contribution in [3.63, 3.8) is 0 Å². The Bertz CT molecular complexity index is 1080. The van der Waals surface area contributed by atoms with Gasteiger partial charge in [0.1, 0.15) is 11.5 Å². The minimum absolute atomic E-state index is 0.239. The lowest BCUT2D eigenvalue weighted by atomic mass is 9.86. The average molecular weight is 500 g/mol. The van der Waals surface area contributed by atoms with Gasteiger partial charge < -0.3 is 9.64 Å². The second-order valence-corrected chi connectivity index (χ2v) is 11.8. The lowest BCUT2D eigenvalue weighted by Gasteiger charge is -2.40. The number of sulfonamides is 1. The summed E-state index contributed by atoms with van der Waals surface area (Å²) < 4.78 is 31.0. The first-order chi connectivity index (χ1) is 16.7. The third-order valence-corrected chi connectivity index (χ3v) is 7.55. The number of nitrogens with zero attached hydrogens (tertiary/aromatic N) is 2.